The molecule has 0 radical (unpaired) electrons. The number of fused-ring (bicyclic) bond motifs is 1. The third-order valence-corrected chi connectivity index (χ3v) is 15.9. The lowest BCUT2D eigenvalue weighted by molar-refractivity contribution is -0.135. The van der Waals surface area contributed by atoms with Crippen molar-refractivity contribution < 1.29 is 31.9 Å². The number of aromatic nitrogens is 2. The fraction of sp³-hybridized carbons (Fsp3) is 0.467. The van der Waals surface area contributed by atoms with Gasteiger partial charge in [0.2, 0.25) is 27.7 Å². The first-order valence-corrected chi connectivity index (χ1v) is 24.4. The van der Waals surface area contributed by atoms with Crippen LogP contribution >= 0.6 is 22.6 Å². The number of aryl methyl sites for hydroxylation is 1. The highest BCUT2D eigenvalue weighted by Crippen LogP contribution is 2.36. The summed E-state index contributed by atoms with van der Waals surface area (Å²) in [5.41, 5.74) is 1.82. The Morgan fingerprint density at radius 3 is 2.46 bits per heavy atom. The van der Waals surface area contributed by atoms with Gasteiger partial charge < -0.3 is 15.0 Å². The number of nitrogens with one attached hydrogen (secondary N) is 3. The number of ether oxygens (including phenoxy) is 1. The van der Waals surface area contributed by atoms with Gasteiger partial charge in [-0.05, 0) is 124 Å². The molecular formula is C45H50FIN8O7S. The van der Waals surface area contributed by atoms with E-state index in [1.165, 1.54) is 30.1 Å². The van der Waals surface area contributed by atoms with Gasteiger partial charge >= 0.3 is 0 Å². The van der Waals surface area contributed by atoms with Gasteiger partial charge in [-0.2, -0.15) is 5.26 Å². The molecular weight excluding hydrogens is 943 g/mol. The molecule has 0 bridgehead atoms. The topological polar surface area (TPSA) is 196 Å². The van der Waals surface area contributed by atoms with Crippen molar-refractivity contribution in [1.82, 2.24) is 24.7 Å². The van der Waals surface area contributed by atoms with Crippen LogP contribution in [0, 0.1) is 23.1 Å². The second-order valence-electron chi connectivity index (χ2n) is 17.0. The van der Waals surface area contributed by atoms with Gasteiger partial charge in [-0.15, -0.1) is 0 Å². The van der Waals surface area contributed by atoms with Crippen LogP contribution in [0.1, 0.15) is 87.7 Å². The molecule has 3 saturated heterocycles. The second-order valence-corrected chi connectivity index (χ2v) is 20.4. The third-order valence-electron chi connectivity index (χ3n) is 12.9. The number of carbonyl (C=O) groups is 3. The Balaban J connectivity index is 0.819. The van der Waals surface area contributed by atoms with Crippen LogP contribution in [0.15, 0.2) is 65.7 Å². The normalized spacial score (nSPS) is 21.5. The lowest BCUT2D eigenvalue weighted by Gasteiger charge is -2.39. The van der Waals surface area contributed by atoms with Crippen LogP contribution in [0.25, 0.3) is 10.9 Å². The van der Waals surface area contributed by atoms with E-state index in [0.29, 0.717) is 69.1 Å². The Hall–Kier alpha value is -5.13. The molecule has 3 amide bonds. The number of likely N-dealkylation sites (tertiary alicyclic amines) is 2. The van der Waals surface area contributed by atoms with Crippen molar-refractivity contribution in [2.24, 2.45) is 5.92 Å². The number of benzene rings is 3. The number of imide groups is 1. The van der Waals surface area contributed by atoms with Gasteiger partial charge in [-0.3, -0.25) is 38.7 Å². The molecule has 1 aromatic heterocycles. The highest BCUT2D eigenvalue weighted by atomic mass is 127. The van der Waals surface area contributed by atoms with Crippen molar-refractivity contribution in [2.45, 2.75) is 98.4 Å². The first-order valence-electron chi connectivity index (χ1n) is 21.6. The number of hydrogen-bond donors (Lipinski definition) is 3. The van der Waals surface area contributed by atoms with Crippen LogP contribution in [0.5, 0.6) is 11.5 Å². The summed E-state index contributed by atoms with van der Waals surface area (Å²) in [6.45, 7) is 3.09. The van der Waals surface area contributed by atoms with Crippen LogP contribution in [0.3, 0.4) is 0 Å². The van der Waals surface area contributed by atoms with E-state index < -0.39 is 32.9 Å². The molecule has 18 heteroatoms. The summed E-state index contributed by atoms with van der Waals surface area (Å²) in [6.07, 6.45) is 9.17. The Morgan fingerprint density at radius 2 is 1.75 bits per heavy atom. The van der Waals surface area contributed by atoms with Gasteiger partial charge in [0.15, 0.2) is 11.6 Å². The van der Waals surface area contributed by atoms with E-state index in [0.717, 1.165) is 63.4 Å². The zero-order chi connectivity index (χ0) is 44.3. The van der Waals surface area contributed by atoms with E-state index in [1.54, 1.807) is 10.6 Å². The van der Waals surface area contributed by atoms with Crippen molar-refractivity contribution in [3.63, 3.8) is 0 Å². The maximum Gasteiger partial charge on any atom is 0.261 e. The summed E-state index contributed by atoms with van der Waals surface area (Å²) in [7, 11) is -3.80. The number of nitrogens with zero attached hydrogens (tertiary/aromatic N) is 5. The minimum Gasteiger partial charge on any atom is -0.453 e. The van der Waals surface area contributed by atoms with Crippen molar-refractivity contribution in [3.05, 3.63) is 88.2 Å². The molecule has 0 spiro atoms. The van der Waals surface area contributed by atoms with Gasteiger partial charge in [0.1, 0.15) is 23.4 Å². The predicted molar refractivity (Wildman–Crippen MR) is 244 cm³/mol. The molecule has 4 fully saturated rings. The molecule has 3 aliphatic heterocycles. The first kappa shape index (κ1) is 44.5. The Labute approximate surface area is 378 Å². The summed E-state index contributed by atoms with van der Waals surface area (Å²) >= 11 is 2.35. The standard InChI is InChI=1S/C45H50FIN8O7S/c46-36-10-12-38(52-63(60,61)33-3-1-2-4-33)35(25-48)43(36)62-32-9-11-37-34(24-32)45(59)54(27-49-37)21-15-28-16-22-55(40(47)23-28)42(57)26-53-19-17-30(18-20-53)29-5-7-31(8-6-29)50-39-13-14-41(56)51-44(39)58/h5-12,24,27-28,30,33,39-40,50,52H,1-4,13-23,26H2,(H,51,56,58). The van der Waals surface area contributed by atoms with Crippen LogP contribution in [-0.4, -0.2) is 87.0 Å². The Morgan fingerprint density at radius 1 is 0.984 bits per heavy atom. The number of sulfonamides is 1. The SMILES string of the molecule is N#Cc1c(NS(=O)(=O)C2CCCC2)ccc(F)c1Oc1ccc2ncn(CCC3CCN(C(=O)CN4CCC(c5ccc(NC6CCC(=O)NC6=O)cc5)CC4)C(I)C3)c(=O)c2c1. The van der Waals surface area contributed by atoms with E-state index in [4.69, 9.17) is 4.74 Å². The van der Waals surface area contributed by atoms with Gasteiger partial charge in [0, 0.05) is 25.2 Å². The Kier molecular flexibility index (Phi) is 13.6. The number of rotatable bonds is 13. The zero-order valence-electron chi connectivity index (χ0n) is 34.7. The summed E-state index contributed by atoms with van der Waals surface area (Å²) in [5.74, 6) is -0.937. The number of carbonyl (C=O) groups excluding carboxylic acids is 3. The molecule has 1 saturated carbocycles. The van der Waals surface area contributed by atoms with E-state index in [9.17, 15) is 32.9 Å². The van der Waals surface area contributed by atoms with Crippen LogP contribution < -0.4 is 25.7 Å². The number of amides is 3. The van der Waals surface area contributed by atoms with E-state index in [1.807, 2.05) is 23.1 Å². The molecule has 63 heavy (non-hydrogen) atoms. The molecule has 1 aliphatic carbocycles. The number of anilines is 2. The number of alkyl halides is 1. The van der Waals surface area contributed by atoms with Crippen LogP contribution in [0.4, 0.5) is 15.8 Å². The second kappa shape index (κ2) is 19.3. The molecule has 3 N–H and O–H groups in total. The lowest BCUT2D eigenvalue weighted by atomic mass is 9.89. The van der Waals surface area contributed by atoms with Crippen LogP contribution in [0.2, 0.25) is 0 Å². The Bertz CT molecular complexity index is 2590. The predicted octanol–water partition coefficient (Wildman–Crippen LogP) is 6.37. The highest BCUT2D eigenvalue weighted by Gasteiger charge is 2.33. The van der Waals surface area contributed by atoms with Crippen molar-refractivity contribution in [2.75, 3.05) is 36.2 Å². The molecule has 4 aliphatic rings. The maximum absolute atomic E-state index is 15.1. The minimum absolute atomic E-state index is 0.0278. The smallest absolute Gasteiger partial charge is 0.261 e. The fourth-order valence-electron chi connectivity index (χ4n) is 9.20. The number of nitriles is 1. The van der Waals surface area contributed by atoms with E-state index >= 15 is 4.39 Å². The van der Waals surface area contributed by atoms with Gasteiger partial charge in [0.05, 0.1) is 38.8 Å². The molecule has 4 heterocycles. The first-order chi connectivity index (χ1) is 30.3. The van der Waals surface area contributed by atoms with Crippen molar-refractivity contribution >= 4 is 72.6 Å². The van der Waals surface area contributed by atoms with Gasteiger partial charge in [-0.1, -0.05) is 47.6 Å². The van der Waals surface area contributed by atoms with Crippen LogP contribution in [-0.2, 0) is 31.0 Å². The molecule has 3 atom stereocenters. The zero-order valence-corrected chi connectivity index (χ0v) is 37.7. The molecule has 15 nitrogen and oxygen atoms in total. The van der Waals surface area contributed by atoms with Gasteiger partial charge in [-0.25, -0.2) is 17.8 Å². The summed E-state index contributed by atoms with van der Waals surface area (Å²) in [5, 5.41) is 15.2. The molecule has 8 rings (SSSR count). The molecule has 4 aromatic rings. The highest BCUT2D eigenvalue weighted by molar-refractivity contribution is 14.1. The molecule has 332 valence electrons. The van der Waals surface area contributed by atoms with E-state index in [2.05, 4.69) is 60.0 Å². The van der Waals surface area contributed by atoms with E-state index in [-0.39, 0.29) is 49.7 Å². The summed E-state index contributed by atoms with van der Waals surface area (Å²) < 4.78 is 51.0. The minimum atomic E-state index is -3.80. The van der Waals surface area contributed by atoms with Crippen molar-refractivity contribution in [1.29, 1.82) is 5.26 Å². The van der Waals surface area contributed by atoms with Crippen molar-refractivity contribution in [3.8, 4) is 17.6 Å². The average molecular weight is 993 g/mol. The van der Waals surface area contributed by atoms with Gasteiger partial charge in [0.25, 0.3) is 5.56 Å². The number of hydrogen-bond acceptors (Lipinski definition) is 11. The number of piperidine rings is 3. The molecule has 3 unspecified atom stereocenters. The third kappa shape index (κ3) is 10.3. The maximum atomic E-state index is 15.1. The lowest BCUT2D eigenvalue weighted by Crippen LogP contribution is -2.48. The summed E-state index contributed by atoms with van der Waals surface area (Å²) in [4.78, 5) is 59.5. The molecule has 3 aromatic carbocycles. The quantitative estimate of drug-likeness (QED) is 0.0583. The average Bonchev–Trinajstić information content (AvgIpc) is 3.83. The monoisotopic (exact) mass is 992 g/mol. The number of halogens is 2. The largest absolute Gasteiger partial charge is 0.453 e. The fourth-order valence-corrected chi connectivity index (χ4v) is 12.1. The summed E-state index contributed by atoms with van der Waals surface area (Å²) in [6, 6.07) is 16.4.